The van der Waals surface area contributed by atoms with Crippen LogP contribution in [0.2, 0.25) is 0 Å². The van der Waals surface area contributed by atoms with Crippen molar-refractivity contribution in [1.29, 1.82) is 0 Å². The predicted octanol–water partition coefficient (Wildman–Crippen LogP) is 2.92. The third-order valence-electron chi connectivity index (χ3n) is 3.31. The van der Waals surface area contributed by atoms with Gasteiger partial charge in [0.1, 0.15) is 5.69 Å². The van der Waals surface area contributed by atoms with Crippen molar-refractivity contribution >= 4 is 21.8 Å². The molecule has 0 aliphatic heterocycles. The van der Waals surface area contributed by atoms with Gasteiger partial charge in [0.25, 0.3) is 5.91 Å². The van der Waals surface area contributed by atoms with Crippen molar-refractivity contribution in [2.45, 2.75) is 20.0 Å². The monoisotopic (exact) mass is 374 g/mol. The van der Waals surface area contributed by atoms with Crippen LogP contribution in [-0.4, -0.2) is 20.6 Å². The first-order valence-corrected chi connectivity index (χ1v) is 7.88. The van der Waals surface area contributed by atoms with Crippen LogP contribution in [0.4, 0.5) is 0 Å². The highest BCUT2D eigenvalue weighted by molar-refractivity contribution is 9.10. The van der Waals surface area contributed by atoms with Crippen molar-refractivity contribution in [1.82, 2.24) is 20.0 Å². The quantitative estimate of drug-likeness (QED) is 0.744. The zero-order chi connectivity index (χ0) is 16.2. The van der Waals surface area contributed by atoms with E-state index in [1.165, 1.54) is 0 Å². The Morgan fingerprint density at radius 2 is 2.09 bits per heavy atom. The second-order valence-electron chi connectivity index (χ2n) is 5.06. The molecule has 0 saturated carbocycles. The Labute approximate surface area is 141 Å². The van der Waals surface area contributed by atoms with Crippen LogP contribution in [0, 0.1) is 6.92 Å². The molecule has 2 heterocycles. The van der Waals surface area contributed by atoms with Crippen LogP contribution in [0.15, 0.2) is 51.6 Å². The van der Waals surface area contributed by atoms with Gasteiger partial charge in [0.2, 0.25) is 5.89 Å². The van der Waals surface area contributed by atoms with E-state index in [1.807, 2.05) is 36.5 Å². The molecule has 0 saturated heterocycles. The maximum absolute atomic E-state index is 12.4. The number of amides is 1. The fraction of sp³-hybridized carbons (Fsp3) is 0.188. The van der Waals surface area contributed by atoms with Gasteiger partial charge >= 0.3 is 0 Å². The number of hydrogen-bond donors (Lipinski definition) is 1. The lowest BCUT2D eigenvalue weighted by Gasteiger charge is -2.08. The van der Waals surface area contributed by atoms with E-state index in [1.54, 1.807) is 17.6 Å². The molecule has 2 aromatic heterocycles. The maximum atomic E-state index is 12.4. The van der Waals surface area contributed by atoms with E-state index < -0.39 is 0 Å². The van der Waals surface area contributed by atoms with Crippen LogP contribution in [0.5, 0.6) is 0 Å². The van der Waals surface area contributed by atoms with Crippen LogP contribution in [0.25, 0.3) is 0 Å². The summed E-state index contributed by atoms with van der Waals surface area (Å²) in [5.41, 5.74) is 1.60. The molecular weight excluding hydrogens is 360 g/mol. The summed E-state index contributed by atoms with van der Waals surface area (Å²) in [5.74, 6) is 0.909. The molecule has 0 unspecified atom stereocenters. The van der Waals surface area contributed by atoms with Crippen LogP contribution >= 0.6 is 15.9 Å². The normalized spacial score (nSPS) is 10.7. The number of benzene rings is 1. The first-order valence-electron chi connectivity index (χ1n) is 7.09. The third kappa shape index (κ3) is 3.87. The second kappa shape index (κ2) is 6.78. The standard InChI is InChI=1S/C16H15BrN4O2/c1-11-19-15(20-23-11)10-21-8-2-3-14(21)16(22)18-9-12-4-6-13(17)7-5-12/h2-8H,9-10H2,1H3,(H,18,22). The Morgan fingerprint density at radius 1 is 1.30 bits per heavy atom. The van der Waals surface area contributed by atoms with Crippen molar-refractivity contribution in [2.75, 3.05) is 0 Å². The molecule has 1 amide bonds. The molecular formula is C16H15BrN4O2. The molecule has 0 radical (unpaired) electrons. The van der Waals surface area contributed by atoms with E-state index in [0.29, 0.717) is 30.5 Å². The fourth-order valence-electron chi connectivity index (χ4n) is 2.19. The number of aryl methyl sites for hydroxylation is 1. The molecule has 6 nitrogen and oxygen atoms in total. The van der Waals surface area contributed by atoms with Crippen molar-refractivity contribution in [2.24, 2.45) is 0 Å². The minimum atomic E-state index is -0.141. The Bertz CT molecular complexity index is 808. The van der Waals surface area contributed by atoms with E-state index in [9.17, 15) is 4.79 Å². The molecule has 0 fully saturated rings. The zero-order valence-electron chi connectivity index (χ0n) is 12.5. The van der Waals surface area contributed by atoms with Gasteiger partial charge in [0.05, 0.1) is 6.54 Å². The lowest BCUT2D eigenvalue weighted by atomic mass is 10.2. The topological polar surface area (TPSA) is 73.0 Å². The van der Waals surface area contributed by atoms with Crippen LogP contribution in [0.1, 0.15) is 27.8 Å². The predicted molar refractivity (Wildman–Crippen MR) is 87.9 cm³/mol. The van der Waals surface area contributed by atoms with Crippen molar-refractivity contribution in [3.05, 3.63) is 70.0 Å². The summed E-state index contributed by atoms with van der Waals surface area (Å²) in [7, 11) is 0. The lowest BCUT2D eigenvalue weighted by molar-refractivity contribution is 0.0942. The number of nitrogens with zero attached hydrogens (tertiary/aromatic N) is 3. The molecule has 1 aromatic carbocycles. The summed E-state index contributed by atoms with van der Waals surface area (Å²) < 4.78 is 7.75. The van der Waals surface area contributed by atoms with E-state index in [-0.39, 0.29) is 5.91 Å². The summed E-state index contributed by atoms with van der Waals surface area (Å²) in [6, 6.07) is 11.4. The van der Waals surface area contributed by atoms with E-state index in [2.05, 4.69) is 31.4 Å². The fourth-order valence-corrected chi connectivity index (χ4v) is 2.46. The number of nitrogens with one attached hydrogen (secondary N) is 1. The Balaban J connectivity index is 1.65. The average Bonchev–Trinajstić information content (AvgIpc) is 3.16. The number of carbonyl (C=O) groups is 1. The summed E-state index contributed by atoms with van der Waals surface area (Å²) in [4.78, 5) is 16.5. The number of aromatic nitrogens is 3. The molecule has 23 heavy (non-hydrogen) atoms. The Kier molecular flexibility index (Phi) is 4.57. The SMILES string of the molecule is Cc1nc(Cn2cccc2C(=O)NCc2ccc(Br)cc2)no1. The van der Waals surface area contributed by atoms with Gasteiger partial charge in [-0.25, -0.2) is 0 Å². The third-order valence-corrected chi connectivity index (χ3v) is 3.84. The average molecular weight is 375 g/mol. The number of hydrogen-bond acceptors (Lipinski definition) is 4. The Morgan fingerprint density at radius 3 is 2.78 bits per heavy atom. The van der Waals surface area contributed by atoms with Gasteiger partial charge in [-0.05, 0) is 29.8 Å². The van der Waals surface area contributed by atoms with E-state index in [4.69, 9.17) is 4.52 Å². The maximum Gasteiger partial charge on any atom is 0.268 e. The molecule has 3 rings (SSSR count). The first-order chi connectivity index (χ1) is 11.1. The largest absolute Gasteiger partial charge is 0.347 e. The number of carbonyl (C=O) groups excluding carboxylic acids is 1. The number of halogens is 1. The summed E-state index contributed by atoms with van der Waals surface area (Å²) in [6.07, 6.45) is 1.82. The lowest BCUT2D eigenvalue weighted by Crippen LogP contribution is -2.25. The Hall–Kier alpha value is -2.41. The van der Waals surface area contributed by atoms with Gasteiger partial charge in [-0.15, -0.1) is 0 Å². The van der Waals surface area contributed by atoms with Crippen molar-refractivity contribution in [3.8, 4) is 0 Å². The minimum absolute atomic E-state index is 0.141. The smallest absolute Gasteiger partial charge is 0.268 e. The molecule has 1 N–H and O–H groups in total. The van der Waals surface area contributed by atoms with Gasteiger partial charge in [0, 0.05) is 24.1 Å². The first kappa shape index (κ1) is 15.5. The van der Waals surface area contributed by atoms with Gasteiger partial charge in [-0.1, -0.05) is 33.2 Å². The summed E-state index contributed by atoms with van der Waals surface area (Å²) in [5, 5.41) is 6.76. The molecule has 118 valence electrons. The molecule has 0 aliphatic rings. The summed E-state index contributed by atoms with van der Waals surface area (Å²) in [6.45, 7) is 2.60. The molecule has 7 heteroatoms. The minimum Gasteiger partial charge on any atom is -0.347 e. The molecule has 0 aliphatic carbocycles. The summed E-state index contributed by atoms with van der Waals surface area (Å²) >= 11 is 3.39. The van der Waals surface area contributed by atoms with E-state index >= 15 is 0 Å². The molecule has 0 bridgehead atoms. The van der Waals surface area contributed by atoms with Gasteiger partial charge in [-0.2, -0.15) is 4.98 Å². The highest BCUT2D eigenvalue weighted by Crippen LogP contribution is 2.11. The molecule has 3 aromatic rings. The van der Waals surface area contributed by atoms with E-state index in [0.717, 1.165) is 10.0 Å². The second-order valence-corrected chi connectivity index (χ2v) is 5.98. The number of rotatable bonds is 5. The molecule has 0 atom stereocenters. The zero-order valence-corrected chi connectivity index (χ0v) is 14.1. The van der Waals surface area contributed by atoms with Crippen molar-refractivity contribution < 1.29 is 9.32 Å². The highest BCUT2D eigenvalue weighted by atomic mass is 79.9. The molecule has 0 spiro atoms. The van der Waals surface area contributed by atoms with Crippen molar-refractivity contribution in [3.63, 3.8) is 0 Å². The van der Waals surface area contributed by atoms with Crippen LogP contribution in [-0.2, 0) is 13.1 Å². The van der Waals surface area contributed by atoms with Gasteiger partial charge in [-0.3, -0.25) is 4.79 Å². The van der Waals surface area contributed by atoms with Gasteiger partial charge < -0.3 is 14.4 Å². The van der Waals surface area contributed by atoms with Gasteiger partial charge in [0.15, 0.2) is 5.82 Å². The highest BCUT2D eigenvalue weighted by Gasteiger charge is 2.12. The van der Waals surface area contributed by atoms with Crippen LogP contribution < -0.4 is 5.32 Å². The van der Waals surface area contributed by atoms with Crippen LogP contribution in [0.3, 0.4) is 0 Å².